The highest BCUT2D eigenvalue weighted by molar-refractivity contribution is 7.15. The SMILES string of the molecule is O=C(O)c1cnc(Nc2nc3c(s2)CCCC3)cn1. The highest BCUT2D eigenvalue weighted by Gasteiger charge is 2.15. The zero-order valence-corrected chi connectivity index (χ0v) is 10.9. The van der Waals surface area contributed by atoms with E-state index in [9.17, 15) is 4.79 Å². The molecular weight excluding hydrogens is 264 g/mol. The number of hydrogen-bond donors (Lipinski definition) is 2. The average molecular weight is 276 g/mol. The summed E-state index contributed by atoms with van der Waals surface area (Å²) >= 11 is 1.63. The number of anilines is 2. The summed E-state index contributed by atoms with van der Waals surface area (Å²) in [5, 5.41) is 12.6. The van der Waals surface area contributed by atoms with Crippen molar-refractivity contribution in [2.24, 2.45) is 0 Å². The van der Waals surface area contributed by atoms with Gasteiger partial charge in [-0.05, 0) is 25.7 Å². The molecule has 0 saturated carbocycles. The number of thiazole rings is 1. The molecule has 2 N–H and O–H groups in total. The molecule has 98 valence electrons. The number of fused-ring (bicyclic) bond motifs is 1. The molecule has 0 atom stereocenters. The summed E-state index contributed by atoms with van der Waals surface area (Å²) in [5.41, 5.74) is 1.11. The Hall–Kier alpha value is -2.02. The van der Waals surface area contributed by atoms with Gasteiger partial charge >= 0.3 is 5.97 Å². The highest BCUT2D eigenvalue weighted by Crippen LogP contribution is 2.30. The van der Waals surface area contributed by atoms with Gasteiger partial charge in [0.1, 0.15) is 0 Å². The van der Waals surface area contributed by atoms with E-state index in [1.807, 2.05) is 0 Å². The first kappa shape index (κ1) is 12.0. The summed E-state index contributed by atoms with van der Waals surface area (Å²) in [6.45, 7) is 0. The van der Waals surface area contributed by atoms with Crippen LogP contribution < -0.4 is 5.32 Å². The number of carboxylic acids is 1. The summed E-state index contributed by atoms with van der Waals surface area (Å²) < 4.78 is 0. The molecule has 0 spiro atoms. The van der Waals surface area contributed by atoms with E-state index >= 15 is 0 Å². The van der Waals surface area contributed by atoms with Crippen LogP contribution in [-0.4, -0.2) is 26.0 Å². The zero-order valence-electron chi connectivity index (χ0n) is 10.1. The lowest BCUT2D eigenvalue weighted by molar-refractivity contribution is 0.0690. The molecular formula is C12H12N4O2S. The van der Waals surface area contributed by atoms with Crippen molar-refractivity contribution in [2.45, 2.75) is 25.7 Å². The van der Waals surface area contributed by atoms with Gasteiger partial charge in [0, 0.05) is 4.88 Å². The number of rotatable bonds is 3. The van der Waals surface area contributed by atoms with Gasteiger partial charge in [-0.1, -0.05) is 0 Å². The number of aromatic nitrogens is 3. The summed E-state index contributed by atoms with van der Waals surface area (Å²) in [6, 6.07) is 0. The molecule has 0 aliphatic heterocycles. The Morgan fingerprint density at radius 3 is 2.79 bits per heavy atom. The van der Waals surface area contributed by atoms with Gasteiger partial charge in [-0.15, -0.1) is 11.3 Å². The Morgan fingerprint density at radius 2 is 2.11 bits per heavy atom. The molecule has 0 fully saturated rings. The van der Waals surface area contributed by atoms with Crippen molar-refractivity contribution < 1.29 is 9.90 Å². The van der Waals surface area contributed by atoms with Crippen LogP contribution in [-0.2, 0) is 12.8 Å². The van der Waals surface area contributed by atoms with E-state index in [0.29, 0.717) is 5.82 Å². The molecule has 2 aromatic rings. The van der Waals surface area contributed by atoms with Crippen molar-refractivity contribution in [1.82, 2.24) is 15.0 Å². The third kappa shape index (κ3) is 2.55. The summed E-state index contributed by atoms with van der Waals surface area (Å²) in [5.74, 6) is -0.570. The van der Waals surface area contributed by atoms with E-state index in [0.717, 1.165) is 18.0 Å². The van der Waals surface area contributed by atoms with Crippen LogP contribution in [0.25, 0.3) is 0 Å². The van der Waals surface area contributed by atoms with Gasteiger partial charge < -0.3 is 10.4 Å². The fraction of sp³-hybridized carbons (Fsp3) is 0.333. The average Bonchev–Trinajstić information content (AvgIpc) is 2.81. The van der Waals surface area contributed by atoms with Crippen LogP contribution >= 0.6 is 11.3 Å². The Bertz CT molecular complexity index is 585. The molecule has 0 aromatic carbocycles. The van der Waals surface area contributed by atoms with Crippen molar-refractivity contribution in [3.63, 3.8) is 0 Å². The van der Waals surface area contributed by atoms with Crippen LogP contribution in [0.4, 0.5) is 10.9 Å². The number of hydrogen-bond acceptors (Lipinski definition) is 6. The van der Waals surface area contributed by atoms with E-state index < -0.39 is 5.97 Å². The molecule has 0 radical (unpaired) electrons. The lowest BCUT2D eigenvalue weighted by Gasteiger charge is -2.06. The molecule has 0 bridgehead atoms. The molecule has 0 unspecified atom stereocenters. The van der Waals surface area contributed by atoms with Gasteiger partial charge in [-0.3, -0.25) is 0 Å². The smallest absolute Gasteiger partial charge is 0.356 e. The molecule has 0 saturated heterocycles. The van der Waals surface area contributed by atoms with E-state index in [2.05, 4.69) is 20.3 Å². The Morgan fingerprint density at radius 1 is 1.26 bits per heavy atom. The molecule has 19 heavy (non-hydrogen) atoms. The largest absolute Gasteiger partial charge is 0.476 e. The second kappa shape index (κ2) is 4.93. The molecule has 7 heteroatoms. The van der Waals surface area contributed by atoms with Crippen LogP contribution in [0.3, 0.4) is 0 Å². The Labute approximate surface area is 113 Å². The first-order valence-electron chi connectivity index (χ1n) is 6.03. The number of aryl methyl sites for hydroxylation is 2. The van der Waals surface area contributed by atoms with E-state index in [4.69, 9.17) is 5.11 Å². The fourth-order valence-corrected chi connectivity index (χ4v) is 3.07. The molecule has 1 aliphatic rings. The molecule has 3 rings (SSSR count). The summed E-state index contributed by atoms with van der Waals surface area (Å²) in [7, 11) is 0. The normalized spacial score (nSPS) is 13.9. The minimum absolute atomic E-state index is 0.0658. The second-order valence-electron chi connectivity index (χ2n) is 4.31. The minimum Gasteiger partial charge on any atom is -0.476 e. The van der Waals surface area contributed by atoms with Crippen molar-refractivity contribution in [1.29, 1.82) is 0 Å². The van der Waals surface area contributed by atoms with E-state index in [-0.39, 0.29) is 5.69 Å². The summed E-state index contributed by atoms with van der Waals surface area (Å²) in [4.78, 5) is 24.4. The maximum atomic E-state index is 10.7. The lowest BCUT2D eigenvalue weighted by Crippen LogP contribution is -2.02. The fourth-order valence-electron chi connectivity index (χ4n) is 2.02. The third-order valence-corrected chi connectivity index (χ3v) is 4.02. The highest BCUT2D eigenvalue weighted by atomic mass is 32.1. The number of nitrogens with one attached hydrogen (secondary N) is 1. The predicted octanol–water partition coefficient (Wildman–Crippen LogP) is 2.25. The van der Waals surface area contributed by atoms with E-state index in [1.165, 1.54) is 35.8 Å². The number of carboxylic acid groups (broad SMARTS) is 1. The number of nitrogens with zero attached hydrogens (tertiary/aromatic N) is 3. The van der Waals surface area contributed by atoms with Crippen molar-refractivity contribution >= 4 is 28.3 Å². The van der Waals surface area contributed by atoms with Crippen LogP contribution in [0.15, 0.2) is 12.4 Å². The first-order chi connectivity index (χ1) is 9.22. The second-order valence-corrected chi connectivity index (χ2v) is 5.40. The maximum Gasteiger partial charge on any atom is 0.356 e. The Kier molecular flexibility index (Phi) is 3.12. The third-order valence-electron chi connectivity index (χ3n) is 2.95. The first-order valence-corrected chi connectivity index (χ1v) is 6.85. The monoisotopic (exact) mass is 276 g/mol. The van der Waals surface area contributed by atoms with Gasteiger partial charge in [0.05, 0.1) is 18.1 Å². The topological polar surface area (TPSA) is 88.0 Å². The van der Waals surface area contributed by atoms with Crippen molar-refractivity contribution in [3.8, 4) is 0 Å². The van der Waals surface area contributed by atoms with Crippen molar-refractivity contribution in [2.75, 3.05) is 5.32 Å². The molecule has 0 amide bonds. The zero-order chi connectivity index (χ0) is 13.2. The van der Waals surface area contributed by atoms with Crippen LogP contribution in [0.5, 0.6) is 0 Å². The quantitative estimate of drug-likeness (QED) is 0.894. The molecule has 1 aliphatic carbocycles. The van der Waals surface area contributed by atoms with Gasteiger partial charge in [-0.25, -0.2) is 19.7 Å². The van der Waals surface area contributed by atoms with Gasteiger partial charge in [0.25, 0.3) is 0 Å². The molecule has 2 aromatic heterocycles. The van der Waals surface area contributed by atoms with Gasteiger partial charge in [0.2, 0.25) is 0 Å². The lowest BCUT2D eigenvalue weighted by atomic mass is 10.0. The van der Waals surface area contributed by atoms with Gasteiger partial charge in [0.15, 0.2) is 16.6 Å². The molecule has 6 nitrogen and oxygen atoms in total. The standard InChI is InChI=1S/C12H12N4O2S/c17-11(18)8-5-14-10(6-13-8)16-12-15-7-3-1-2-4-9(7)19-12/h5-6H,1-4H2,(H,17,18)(H,14,15,16). The van der Waals surface area contributed by atoms with Crippen LogP contribution in [0.1, 0.15) is 33.9 Å². The van der Waals surface area contributed by atoms with Crippen molar-refractivity contribution in [3.05, 3.63) is 28.7 Å². The van der Waals surface area contributed by atoms with E-state index in [1.54, 1.807) is 11.3 Å². The number of carbonyl (C=O) groups is 1. The maximum absolute atomic E-state index is 10.7. The summed E-state index contributed by atoms with van der Waals surface area (Å²) in [6.07, 6.45) is 7.20. The molecule has 2 heterocycles. The predicted molar refractivity (Wildman–Crippen MR) is 71.0 cm³/mol. The Balaban J connectivity index is 1.77. The van der Waals surface area contributed by atoms with Gasteiger partial charge in [-0.2, -0.15) is 0 Å². The van der Waals surface area contributed by atoms with Crippen LogP contribution in [0.2, 0.25) is 0 Å². The number of aromatic carboxylic acids is 1. The van der Waals surface area contributed by atoms with Crippen LogP contribution in [0, 0.1) is 0 Å². The minimum atomic E-state index is -1.08.